The zero-order chi connectivity index (χ0) is 20.4. The van der Waals surface area contributed by atoms with Crippen LogP contribution in [0, 0.1) is 0 Å². The summed E-state index contributed by atoms with van der Waals surface area (Å²) in [6.07, 6.45) is 3.73. The molecule has 0 saturated carbocycles. The van der Waals surface area contributed by atoms with E-state index < -0.39 is 10.0 Å². The molecule has 0 atom stereocenters. The number of rotatable bonds is 5. The Balaban J connectivity index is 1.55. The maximum absolute atomic E-state index is 12.9. The number of aryl methyl sites for hydroxylation is 1. The molecular weight excluding hydrogens is 406 g/mol. The lowest BCUT2D eigenvalue weighted by atomic mass is 10.2. The Morgan fingerprint density at radius 1 is 1.14 bits per heavy atom. The molecule has 4 rings (SSSR count). The summed E-state index contributed by atoms with van der Waals surface area (Å²) in [4.78, 5) is 17.3. The number of thiazole rings is 1. The molecule has 29 heavy (non-hydrogen) atoms. The largest absolute Gasteiger partial charge is 0.298 e. The van der Waals surface area contributed by atoms with Crippen molar-refractivity contribution in [2.24, 2.45) is 0 Å². The summed E-state index contributed by atoms with van der Waals surface area (Å²) in [6, 6.07) is 12.3. The van der Waals surface area contributed by atoms with E-state index in [0.29, 0.717) is 23.8 Å². The van der Waals surface area contributed by atoms with Crippen LogP contribution in [-0.2, 0) is 16.4 Å². The molecule has 1 saturated heterocycles. The molecule has 8 heteroatoms. The van der Waals surface area contributed by atoms with Crippen LogP contribution in [0.3, 0.4) is 0 Å². The van der Waals surface area contributed by atoms with E-state index in [0.717, 1.165) is 35.9 Å². The number of sulfonamides is 1. The van der Waals surface area contributed by atoms with Crippen molar-refractivity contribution >= 4 is 42.6 Å². The summed E-state index contributed by atoms with van der Waals surface area (Å²) in [5.74, 6) is -0.365. The summed E-state index contributed by atoms with van der Waals surface area (Å²) in [7, 11) is -3.58. The molecule has 0 spiro atoms. The van der Waals surface area contributed by atoms with E-state index in [-0.39, 0.29) is 10.8 Å². The Kier molecular flexibility index (Phi) is 5.67. The zero-order valence-corrected chi connectivity index (χ0v) is 17.9. The van der Waals surface area contributed by atoms with Crippen LogP contribution < -0.4 is 5.32 Å². The average Bonchev–Trinajstić information content (AvgIpc) is 3.15. The van der Waals surface area contributed by atoms with Crippen molar-refractivity contribution in [2.45, 2.75) is 37.5 Å². The first-order valence-corrected chi connectivity index (χ1v) is 12.0. The van der Waals surface area contributed by atoms with Gasteiger partial charge < -0.3 is 0 Å². The van der Waals surface area contributed by atoms with Gasteiger partial charge in [-0.3, -0.25) is 10.1 Å². The van der Waals surface area contributed by atoms with Gasteiger partial charge in [0, 0.05) is 18.7 Å². The van der Waals surface area contributed by atoms with E-state index >= 15 is 0 Å². The number of nitrogens with zero attached hydrogens (tertiary/aromatic N) is 2. The number of fused-ring (bicyclic) bond motifs is 1. The van der Waals surface area contributed by atoms with Gasteiger partial charge in [-0.15, -0.1) is 0 Å². The molecular formula is C21H23N3O3S2. The van der Waals surface area contributed by atoms with Crippen LogP contribution in [-0.4, -0.2) is 36.7 Å². The molecule has 1 fully saturated rings. The van der Waals surface area contributed by atoms with E-state index in [1.165, 1.54) is 27.3 Å². The molecule has 3 aromatic rings. The van der Waals surface area contributed by atoms with Crippen LogP contribution in [0.5, 0.6) is 0 Å². The van der Waals surface area contributed by atoms with E-state index in [4.69, 9.17) is 0 Å². The van der Waals surface area contributed by atoms with Crippen molar-refractivity contribution < 1.29 is 13.2 Å². The molecule has 0 bridgehead atoms. The van der Waals surface area contributed by atoms with E-state index in [2.05, 4.69) is 23.3 Å². The molecule has 1 aliphatic heterocycles. The summed E-state index contributed by atoms with van der Waals surface area (Å²) in [5.41, 5.74) is 2.36. The standard InChI is InChI=1S/C21H23N3O3S2/c1-2-15-9-10-18-19(13-15)28-21(22-18)23-20(25)16-7-6-8-17(14-16)29(26,27)24-11-4-3-5-12-24/h6-10,13-14H,2-5,11-12H2,1H3,(H,22,23,25). The summed E-state index contributed by atoms with van der Waals surface area (Å²) < 4.78 is 28.3. The quantitative estimate of drug-likeness (QED) is 0.656. The maximum Gasteiger partial charge on any atom is 0.257 e. The van der Waals surface area contributed by atoms with E-state index in [9.17, 15) is 13.2 Å². The number of amides is 1. The average molecular weight is 430 g/mol. The van der Waals surface area contributed by atoms with Gasteiger partial charge in [0.25, 0.3) is 5.91 Å². The van der Waals surface area contributed by atoms with Gasteiger partial charge in [-0.25, -0.2) is 13.4 Å². The highest BCUT2D eigenvalue weighted by atomic mass is 32.2. The van der Waals surface area contributed by atoms with Crippen molar-refractivity contribution in [3.63, 3.8) is 0 Å². The second-order valence-corrected chi connectivity index (χ2v) is 10.1. The first-order chi connectivity index (χ1) is 14.0. The van der Waals surface area contributed by atoms with Gasteiger partial charge in [0.2, 0.25) is 10.0 Å². The minimum atomic E-state index is -3.58. The van der Waals surface area contributed by atoms with Crippen molar-refractivity contribution in [2.75, 3.05) is 18.4 Å². The van der Waals surface area contributed by atoms with Crippen LogP contribution in [0.25, 0.3) is 10.2 Å². The molecule has 1 aromatic heterocycles. The molecule has 1 aliphatic rings. The van der Waals surface area contributed by atoms with Crippen molar-refractivity contribution in [1.29, 1.82) is 0 Å². The van der Waals surface area contributed by atoms with Gasteiger partial charge in [-0.05, 0) is 55.2 Å². The third-order valence-electron chi connectivity index (χ3n) is 5.13. The molecule has 0 aliphatic carbocycles. The van der Waals surface area contributed by atoms with Gasteiger partial charge >= 0.3 is 0 Å². The number of carbonyl (C=O) groups is 1. The fourth-order valence-corrected chi connectivity index (χ4v) is 5.95. The van der Waals surface area contributed by atoms with Crippen LogP contribution in [0.2, 0.25) is 0 Å². The van der Waals surface area contributed by atoms with Crippen LogP contribution in [0.15, 0.2) is 47.4 Å². The Hall–Kier alpha value is -2.29. The third kappa shape index (κ3) is 4.19. The summed E-state index contributed by atoms with van der Waals surface area (Å²) >= 11 is 1.41. The minimum absolute atomic E-state index is 0.156. The molecule has 2 aromatic carbocycles. The van der Waals surface area contributed by atoms with Crippen molar-refractivity contribution in [1.82, 2.24) is 9.29 Å². The normalized spacial score (nSPS) is 15.5. The third-order valence-corrected chi connectivity index (χ3v) is 7.96. The van der Waals surface area contributed by atoms with Crippen molar-refractivity contribution in [3.05, 3.63) is 53.6 Å². The van der Waals surface area contributed by atoms with Gasteiger partial charge in [0.1, 0.15) is 0 Å². The Labute approximate surface area is 174 Å². The number of carbonyl (C=O) groups excluding carboxylic acids is 1. The lowest BCUT2D eigenvalue weighted by molar-refractivity contribution is 0.102. The lowest BCUT2D eigenvalue weighted by Gasteiger charge is -2.26. The molecule has 2 heterocycles. The summed E-state index contributed by atoms with van der Waals surface area (Å²) in [6.45, 7) is 3.16. The highest BCUT2D eigenvalue weighted by Gasteiger charge is 2.26. The second-order valence-electron chi connectivity index (χ2n) is 7.12. The fraction of sp³-hybridized carbons (Fsp3) is 0.333. The number of anilines is 1. The number of piperidine rings is 1. The Bertz CT molecular complexity index is 1150. The molecule has 1 N–H and O–H groups in total. The number of nitrogens with one attached hydrogen (secondary N) is 1. The van der Waals surface area contributed by atoms with Crippen LogP contribution in [0.1, 0.15) is 42.1 Å². The predicted octanol–water partition coefficient (Wildman–Crippen LogP) is 4.29. The summed E-state index contributed by atoms with van der Waals surface area (Å²) in [5, 5.41) is 3.31. The monoisotopic (exact) mass is 429 g/mol. The van der Waals surface area contributed by atoms with Gasteiger partial charge in [-0.2, -0.15) is 4.31 Å². The van der Waals surface area contributed by atoms with Crippen LogP contribution in [0.4, 0.5) is 5.13 Å². The molecule has 0 unspecified atom stereocenters. The molecule has 0 radical (unpaired) electrons. The molecule has 1 amide bonds. The number of hydrogen-bond acceptors (Lipinski definition) is 5. The number of benzene rings is 2. The molecule has 152 valence electrons. The second kappa shape index (κ2) is 8.22. The topological polar surface area (TPSA) is 79.4 Å². The SMILES string of the molecule is CCc1ccc2nc(NC(=O)c3cccc(S(=O)(=O)N4CCCCC4)c3)sc2c1. The predicted molar refractivity (Wildman–Crippen MR) is 116 cm³/mol. The van der Waals surface area contributed by atoms with Gasteiger partial charge in [-0.1, -0.05) is 36.8 Å². The molecule has 6 nitrogen and oxygen atoms in total. The lowest BCUT2D eigenvalue weighted by Crippen LogP contribution is -2.35. The smallest absolute Gasteiger partial charge is 0.257 e. The number of aromatic nitrogens is 1. The zero-order valence-electron chi connectivity index (χ0n) is 16.2. The van der Waals surface area contributed by atoms with Gasteiger partial charge in [0.05, 0.1) is 15.1 Å². The highest BCUT2D eigenvalue weighted by Crippen LogP contribution is 2.28. The minimum Gasteiger partial charge on any atom is -0.298 e. The van der Waals surface area contributed by atoms with Gasteiger partial charge in [0.15, 0.2) is 5.13 Å². The van der Waals surface area contributed by atoms with E-state index in [1.807, 2.05) is 12.1 Å². The first kappa shape index (κ1) is 20.0. The number of hydrogen-bond donors (Lipinski definition) is 1. The van der Waals surface area contributed by atoms with Crippen molar-refractivity contribution in [3.8, 4) is 0 Å². The Morgan fingerprint density at radius 2 is 1.93 bits per heavy atom. The first-order valence-electron chi connectivity index (χ1n) is 9.78. The Morgan fingerprint density at radius 3 is 2.69 bits per heavy atom. The maximum atomic E-state index is 12.9. The highest BCUT2D eigenvalue weighted by molar-refractivity contribution is 7.89. The van der Waals surface area contributed by atoms with Crippen LogP contribution >= 0.6 is 11.3 Å². The van der Waals surface area contributed by atoms with E-state index in [1.54, 1.807) is 18.2 Å². The fourth-order valence-electron chi connectivity index (χ4n) is 3.46.